The first kappa shape index (κ1) is 27.5. The predicted octanol–water partition coefficient (Wildman–Crippen LogP) is 3.32. The summed E-state index contributed by atoms with van der Waals surface area (Å²) in [6.07, 6.45) is 0.134. The van der Waals surface area contributed by atoms with E-state index in [0.717, 1.165) is 31.1 Å². The number of carbonyl (C=O) groups is 1. The summed E-state index contributed by atoms with van der Waals surface area (Å²) >= 11 is 0. The number of likely N-dealkylation sites (N-methyl/N-ethyl adjacent to an activating group) is 1. The van der Waals surface area contributed by atoms with Gasteiger partial charge in [0.25, 0.3) is 0 Å². The molecule has 0 spiro atoms. The lowest BCUT2D eigenvalue weighted by atomic mass is 10.1. The van der Waals surface area contributed by atoms with Crippen molar-refractivity contribution in [3.05, 3.63) is 24.3 Å². The van der Waals surface area contributed by atoms with Gasteiger partial charge in [0.15, 0.2) is 5.96 Å². The van der Waals surface area contributed by atoms with E-state index < -0.39 is 0 Å². The standard InChI is InChI=1S/C21H37N5O2.HI/c1-8-26(7)14-13-22-20(23-15-19(27)25-21(4,5)6)24-17-9-11-18(12-10-17)28-16(2)3;/h9-12,16H,8,13-15H2,1-7H3,(H,25,27)(H2,22,23,24);1H. The molecule has 3 N–H and O–H groups in total. The number of nitrogens with one attached hydrogen (secondary N) is 3. The SMILES string of the molecule is CCN(C)CCNC(=NCC(=O)NC(C)(C)C)Nc1ccc(OC(C)C)cc1.I. The van der Waals surface area contributed by atoms with Crippen LogP contribution in [0, 0.1) is 0 Å². The van der Waals surface area contributed by atoms with Gasteiger partial charge in [0.2, 0.25) is 5.91 Å². The highest BCUT2D eigenvalue weighted by Crippen LogP contribution is 2.16. The molecule has 0 unspecified atom stereocenters. The van der Waals surface area contributed by atoms with Gasteiger partial charge in [-0.1, -0.05) is 6.92 Å². The maximum Gasteiger partial charge on any atom is 0.242 e. The maximum atomic E-state index is 12.1. The molecule has 0 aromatic heterocycles. The van der Waals surface area contributed by atoms with E-state index in [-0.39, 0.29) is 48.1 Å². The summed E-state index contributed by atoms with van der Waals surface area (Å²) in [5.74, 6) is 1.28. The van der Waals surface area contributed by atoms with E-state index in [0.29, 0.717) is 5.96 Å². The van der Waals surface area contributed by atoms with Crippen molar-refractivity contribution < 1.29 is 9.53 Å². The zero-order valence-electron chi connectivity index (χ0n) is 18.8. The maximum absolute atomic E-state index is 12.1. The lowest BCUT2D eigenvalue weighted by molar-refractivity contribution is -0.121. The van der Waals surface area contributed by atoms with E-state index in [1.165, 1.54) is 0 Å². The molecule has 0 fully saturated rings. The number of rotatable bonds is 9. The monoisotopic (exact) mass is 519 g/mol. The summed E-state index contributed by atoms with van der Waals surface area (Å²) in [6.45, 7) is 14.6. The van der Waals surface area contributed by atoms with Gasteiger partial charge in [-0.25, -0.2) is 4.99 Å². The Hall–Kier alpha value is -1.55. The zero-order chi connectivity index (χ0) is 21.2. The first-order chi connectivity index (χ1) is 13.1. The summed E-state index contributed by atoms with van der Waals surface area (Å²) in [5.41, 5.74) is 0.603. The quantitative estimate of drug-likeness (QED) is 0.265. The van der Waals surface area contributed by atoms with E-state index >= 15 is 0 Å². The smallest absolute Gasteiger partial charge is 0.242 e. The summed E-state index contributed by atoms with van der Waals surface area (Å²) in [5, 5.41) is 9.46. The van der Waals surface area contributed by atoms with Crippen LogP contribution in [0.1, 0.15) is 41.5 Å². The van der Waals surface area contributed by atoms with Crippen molar-refractivity contribution >= 4 is 41.5 Å². The molecule has 0 bridgehead atoms. The van der Waals surface area contributed by atoms with Gasteiger partial charge in [0.05, 0.1) is 6.10 Å². The topological polar surface area (TPSA) is 78.0 Å². The van der Waals surface area contributed by atoms with Crippen molar-refractivity contribution in [2.75, 3.05) is 38.5 Å². The van der Waals surface area contributed by atoms with Gasteiger partial charge < -0.3 is 25.6 Å². The molecule has 0 radical (unpaired) electrons. The number of aliphatic imine (C=N–C) groups is 1. The van der Waals surface area contributed by atoms with Crippen LogP contribution in [0.2, 0.25) is 0 Å². The molecule has 7 nitrogen and oxygen atoms in total. The number of nitrogens with zero attached hydrogens (tertiary/aromatic N) is 2. The second kappa shape index (κ2) is 13.6. The Morgan fingerprint density at radius 3 is 2.34 bits per heavy atom. The van der Waals surface area contributed by atoms with Crippen LogP contribution in [0.25, 0.3) is 0 Å². The van der Waals surface area contributed by atoms with Crippen molar-refractivity contribution in [1.82, 2.24) is 15.5 Å². The van der Waals surface area contributed by atoms with E-state index in [2.05, 4.69) is 39.8 Å². The number of ether oxygens (including phenoxy) is 1. The minimum absolute atomic E-state index is 0. The number of carbonyl (C=O) groups excluding carboxylic acids is 1. The summed E-state index contributed by atoms with van der Waals surface area (Å²) in [6, 6.07) is 7.69. The van der Waals surface area contributed by atoms with Gasteiger partial charge >= 0.3 is 0 Å². The molecule has 0 aliphatic carbocycles. The molecule has 1 aromatic rings. The molecule has 0 saturated heterocycles. The molecular weight excluding hydrogens is 481 g/mol. The fourth-order valence-electron chi connectivity index (χ4n) is 2.30. The summed E-state index contributed by atoms with van der Waals surface area (Å²) in [7, 11) is 2.07. The molecule has 1 aromatic carbocycles. The highest BCUT2D eigenvalue weighted by Gasteiger charge is 2.13. The van der Waals surface area contributed by atoms with Crippen LogP contribution in [0.3, 0.4) is 0 Å². The highest BCUT2D eigenvalue weighted by molar-refractivity contribution is 14.0. The third kappa shape index (κ3) is 13.3. The molecule has 1 rings (SSSR count). The molecule has 1 amide bonds. The first-order valence-electron chi connectivity index (χ1n) is 9.90. The van der Waals surface area contributed by atoms with Gasteiger partial charge in [-0.3, -0.25) is 4.79 Å². The summed E-state index contributed by atoms with van der Waals surface area (Å²) < 4.78 is 5.67. The van der Waals surface area contributed by atoms with Crippen LogP contribution in [-0.4, -0.2) is 61.6 Å². The number of benzene rings is 1. The van der Waals surface area contributed by atoms with Crippen LogP contribution in [0.15, 0.2) is 29.3 Å². The third-order valence-electron chi connectivity index (χ3n) is 3.71. The largest absolute Gasteiger partial charge is 0.491 e. The lowest BCUT2D eigenvalue weighted by Gasteiger charge is -2.20. The Bertz CT molecular complexity index is 627. The summed E-state index contributed by atoms with van der Waals surface area (Å²) in [4.78, 5) is 18.7. The van der Waals surface area contributed by atoms with E-state index in [4.69, 9.17) is 4.74 Å². The number of halogens is 1. The molecule has 0 aliphatic rings. The van der Waals surface area contributed by atoms with Crippen molar-refractivity contribution in [2.45, 2.75) is 53.2 Å². The number of hydrogen-bond donors (Lipinski definition) is 3. The number of amides is 1. The molecule has 166 valence electrons. The Morgan fingerprint density at radius 2 is 1.83 bits per heavy atom. The van der Waals surface area contributed by atoms with Gasteiger partial charge in [-0.2, -0.15) is 0 Å². The Labute approximate surface area is 193 Å². The normalized spacial score (nSPS) is 11.8. The minimum Gasteiger partial charge on any atom is -0.491 e. The number of hydrogen-bond acceptors (Lipinski definition) is 4. The second-order valence-corrected chi connectivity index (χ2v) is 8.10. The molecule has 8 heteroatoms. The van der Waals surface area contributed by atoms with Gasteiger partial charge in [0.1, 0.15) is 12.3 Å². The molecular formula is C21H38IN5O2. The van der Waals surface area contributed by atoms with Crippen molar-refractivity contribution in [3.63, 3.8) is 0 Å². The number of guanidine groups is 1. The van der Waals surface area contributed by atoms with Gasteiger partial charge in [-0.05, 0) is 72.5 Å². The Morgan fingerprint density at radius 1 is 1.21 bits per heavy atom. The molecule has 29 heavy (non-hydrogen) atoms. The van der Waals surface area contributed by atoms with Crippen LogP contribution < -0.4 is 20.7 Å². The van der Waals surface area contributed by atoms with E-state index in [1.807, 2.05) is 58.9 Å². The highest BCUT2D eigenvalue weighted by atomic mass is 127. The fourth-order valence-corrected chi connectivity index (χ4v) is 2.30. The van der Waals surface area contributed by atoms with E-state index in [1.54, 1.807) is 0 Å². The fraction of sp³-hybridized carbons (Fsp3) is 0.619. The lowest BCUT2D eigenvalue weighted by Crippen LogP contribution is -2.42. The predicted molar refractivity (Wildman–Crippen MR) is 133 cm³/mol. The Balaban J connectivity index is 0.00000784. The molecule has 0 heterocycles. The van der Waals surface area contributed by atoms with Crippen LogP contribution in [0.4, 0.5) is 5.69 Å². The van der Waals surface area contributed by atoms with Gasteiger partial charge in [-0.15, -0.1) is 24.0 Å². The molecule has 0 atom stereocenters. The van der Waals surface area contributed by atoms with Crippen LogP contribution >= 0.6 is 24.0 Å². The average Bonchev–Trinajstić information content (AvgIpc) is 2.59. The zero-order valence-corrected chi connectivity index (χ0v) is 21.2. The average molecular weight is 519 g/mol. The molecule has 0 aliphatic heterocycles. The van der Waals surface area contributed by atoms with Crippen molar-refractivity contribution in [2.24, 2.45) is 4.99 Å². The Kier molecular flexibility index (Phi) is 12.9. The minimum atomic E-state index is -0.274. The van der Waals surface area contributed by atoms with Gasteiger partial charge in [0, 0.05) is 24.3 Å². The van der Waals surface area contributed by atoms with E-state index in [9.17, 15) is 4.79 Å². The number of anilines is 1. The molecule has 0 saturated carbocycles. The second-order valence-electron chi connectivity index (χ2n) is 8.10. The van der Waals surface area contributed by atoms with Crippen molar-refractivity contribution in [1.29, 1.82) is 0 Å². The van der Waals surface area contributed by atoms with Crippen LogP contribution in [-0.2, 0) is 4.79 Å². The first-order valence-corrected chi connectivity index (χ1v) is 9.90. The van der Waals surface area contributed by atoms with Crippen LogP contribution in [0.5, 0.6) is 5.75 Å². The third-order valence-corrected chi connectivity index (χ3v) is 3.71. The van der Waals surface area contributed by atoms with Crippen molar-refractivity contribution in [3.8, 4) is 5.75 Å².